The number of β-amino-alcohol motifs (C(OH)–C–C–N with tert-alkyl or cyclic N) is 1. The third-order valence-electron chi connectivity index (χ3n) is 3.03. The number of nitrogens with zero attached hydrogens (tertiary/aromatic N) is 4. The highest BCUT2D eigenvalue weighted by Gasteiger charge is 2.31. The molecule has 1 aliphatic rings. The summed E-state index contributed by atoms with van der Waals surface area (Å²) in [5.41, 5.74) is -0.532. The molecule has 1 saturated heterocycles. The van der Waals surface area contributed by atoms with E-state index in [1.54, 1.807) is 6.33 Å². The molecule has 2 rings (SSSR count). The van der Waals surface area contributed by atoms with Crippen LogP contribution in [0.4, 0.5) is 0 Å². The van der Waals surface area contributed by atoms with Crippen LogP contribution < -0.4 is 0 Å². The van der Waals surface area contributed by atoms with Gasteiger partial charge in [-0.05, 0) is 19.8 Å². The highest BCUT2D eigenvalue weighted by atomic mass is 16.3. The summed E-state index contributed by atoms with van der Waals surface area (Å²) in [5.74, 6) is 1.000. The van der Waals surface area contributed by atoms with Crippen LogP contribution in [0.1, 0.15) is 32.5 Å². The van der Waals surface area contributed by atoms with Crippen LogP contribution in [0.25, 0.3) is 0 Å². The molecule has 1 aromatic rings. The molecule has 2 heterocycles. The largest absolute Gasteiger partial charge is 0.389 e. The molecule has 0 spiro atoms. The summed E-state index contributed by atoms with van der Waals surface area (Å²) in [6.45, 7) is 7.39. The first-order chi connectivity index (χ1) is 7.61. The molecule has 0 aliphatic carbocycles. The number of aliphatic hydroxyl groups is 1. The van der Waals surface area contributed by atoms with E-state index < -0.39 is 5.60 Å². The highest BCUT2D eigenvalue weighted by molar-refractivity contribution is 4.91. The molecule has 0 amide bonds. The molecule has 16 heavy (non-hydrogen) atoms. The molecule has 1 unspecified atom stereocenters. The van der Waals surface area contributed by atoms with E-state index in [0.717, 1.165) is 44.8 Å². The number of aromatic nitrogens is 3. The van der Waals surface area contributed by atoms with Crippen LogP contribution in [0.5, 0.6) is 0 Å². The van der Waals surface area contributed by atoms with Gasteiger partial charge in [-0.3, -0.25) is 4.90 Å². The highest BCUT2D eigenvalue weighted by Crippen LogP contribution is 2.21. The van der Waals surface area contributed by atoms with Crippen molar-refractivity contribution in [2.45, 2.75) is 45.4 Å². The van der Waals surface area contributed by atoms with E-state index in [4.69, 9.17) is 0 Å². The number of hydrogen-bond acceptors (Lipinski definition) is 4. The van der Waals surface area contributed by atoms with Gasteiger partial charge in [0.05, 0.1) is 12.1 Å². The maximum Gasteiger partial charge on any atom is 0.141 e. The van der Waals surface area contributed by atoms with Gasteiger partial charge in [0.25, 0.3) is 0 Å². The van der Waals surface area contributed by atoms with Crippen molar-refractivity contribution < 1.29 is 5.11 Å². The summed E-state index contributed by atoms with van der Waals surface area (Å²) in [4.78, 5) is 6.51. The Kier molecular flexibility index (Phi) is 3.25. The average Bonchev–Trinajstić information content (AvgIpc) is 2.76. The fourth-order valence-corrected chi connectivity index (χ4v) is 2.18. The lowest BCUT2D eigenvalue weighted by atomic mass is 10.1. The fourth-order valence-electron chi connectivity index (χ4n) is 2.18. The monoisotopic (exact) mass is 224 g/mol. The Morgan fingerprint density at radius 2 is 2.38 bits per heavy atom. The molecule has 0 aromatic carbocycles. The minimum Gasteiger partial charge on any atom is -0.389 e. The first-order valence-corrected chi connectivity index (χ1v) is 5.92. The second kappa shape index (κ2) is 4.51. The molecular formula is C11H20N4O. The molecule has 1 aromatic heterocycles. The van der Waals surface area contributed by atoms with Gasteiger partial charge in [0.15, 0.2) is 0 Å². The third kappa shape index (κ3) is 2.59. The Hall–Kier alpha value is -0.940. The summed E-state index contributed by atoms with van der Waals surface area (Å²) in [6.07, 6.45) is 3.52. The Morgan fingerprint density at radius 3 is 3.00 bits per heavy atom. The van der Waals surface area contributed by atoms with Crippen molar-refractivity contribution in [3.05, 3.63) is 12.2 Å². The lowest BCUT2D eigenvalue weighted by molar-refractivity contribution is 0.0674. The van der Waals surface area contributed by atoms with Gasteiger partial charge in [-0.1, -0.05) is 6.92 Å². The van der Waals surface area contributed by atoms with Gasteiger partial charge >= 0.3 is 0 Å². The van der Waals surface area contributed by atoms with E-state index in [0.29, 0.717) is 0 Å². The molecule has 0 radical (unpaired) electrons. The standard InChI is InChI=1S/C11H20N4O/c1-3-5-15-10(12-9-13-15)7-14-6-4-11(2,16)8-14/h9,16H,3-8H2,1-2H3. The number of likely N-dealkylation sites (tertiary alicyclic amines) is 1. The number of hydrogen-bond donors (Lipinski definition) is 1. The van der Waals surface area contributed by atoms with Crippen LogP contribution in [0, 0.1) is 0 Å². The first kappa shape index (κ1) is 11.5. The van der Waals surface area contributed by atoms with E-state index in [2.05, 4.69) is 21.9 Å². The van der Waals surface area contributed by atoms with E-state index in [1.165, 1.54) is 0 Å². The summed E-state index contributed by atoms with van der Waals surface area (Å²) >= 11 is 0. The molecule has 1 atom stereocenters. The van der Waals surface area contributed by atoms with Gasteiger partial charge in [0.2, 0.25) is 0 Å². The van der Waals surface area contributed by atoms with E-state index in [9.17, 15) is 5.11 Å². The van der Waals surface area contributed by atoms with Crippen molar-refractivity contribution >= 4 is 0 Å². The van der Waals surface area contributed by atoms with Gasteiger partial charge in [0, 0.05) is 19.6 Å². The van der Waals surface area contributed by atoms with E-state index >= 15 is 0 Å². The van der Waals surface area contributed by atoms with E-state index in [1.807, 2.05) is 11.6 Å². The van der Waals surface area contributed by atoms with Gasteiger partial charge in [-0.2, -0.15) is 5.10 Å². The van der Waals surface area contributed by atoms with Crippen molar-refractivity contribution in [1.29, 1.82) is 0 Å². The second-order valence-corrected chi connectivity index (χ2v) is 4.86. The van der Waals surface area contributed by atoms with Crippen LogP contribution in [0.3, 0.4) is 0 Å². The van der Waals surface area contributed by atoms with Crippen molar-refractivity contribution in [3.8, 4) is 0 Å². The predicted molar refractivity (Wildman–Crippen MR) is 60.8 cm³/mol. The zero-order valence-corrected chi connectivity index (χ0v) is 10.1. The number of aryl methyl sites for hydroxylation is 1. The van der Waals surface area contributed by atoms with E-state index in [-0.39, 0.29) is 0 Å². The Labute approximate surface area is 96.1 Å². The van der Waals surface area contributed by atoms with Gasteiger partial charge in [0.1, 0.15) is 12.2 Å². The second-order valence-electron chi connectivity index (χ2n) is 4.86. The number of rotatable bonds is 4. The first-order valence-electron chi connectivity index (χ1n) is 5.92. The SMILES string of the molecule is CCCn1ncnc1CN1CCC(C)(O)C1. The van der Waals surface area contributed by atoms with Crippen LogP contribution in [0.15, 0.2) is 6.33 Å². The van der Waals surface area contributed by atoms with Crippen molar-refractivity contribution in [3.63, 3.8) is 0 Å². The summed E-state index contributed by atoms with van der Waals surface area (Å²) in [7, 11) is 0. The Bertz CT molecular complexity index is 348. The van der Waals surface area contributed by atoms with Crippen molar-refractivity contribution in [1.82, 2.24) is 19.7 Å². The lowest BCUT2D eigenvalue weighted by Crippen LogP contribution is -2.30. The zero-order chi connectivity index (χ0) is 11.6. The molecule has 0 saturated carbocycles. The molecule has 1 aliphatic heterocycles. The summed E-state index contributed by atoms with van der Waals surface area (Å²) in [6, 6.07) is 0. The Balaban J connectivity index is 1.96. The topological polar surface area (TPSA) is 54.2 Å². The minimum atomic E-state index is -0.532. The quantitative estimate of drug-likeness (QED) is 0.815. The van der Waals surface area contributed by atoms with Gasteiger partial charge in [-0.15, -0.1) is 0 Å². The third-order valence-corrected chi connectivity index (χ3v) is 3.03. The normalized spacial score (nSPS) is 26.4. The zero-order valence-electron chi connectivity index (χ0n) is 10.1. The van der Waals surface area contributed by atoms with Gasteiger partial charge in [-0.25, -0.2) is 9.67 Å². The lowest BCUT2D eigenvalue weighted by Gasteiger charge is -2.18. The molecule has 5 heteroatoms. The smallest absolute Gasteiger partial charge is 0.141 e. The molecule has 5 nitrogen and oxygen atoms in total. The maximum atomic E-state index is 9.88. The fraction of sp³-hybridized carbons (Fsp3) is 0.818. The van der Waals surface area contributed by atoms with Crippen LogP contribution in [-0.4, -0.2) is 43.5 Å². The van der Waals surface area contributed by atoms with Crippen LogP contribution in [0.2, 0.25) is 0 Å². The minimum absolute atomic E-state index is 0.532. The molecular weight excluding hydrogens is 204 g/mol. The molecule has 1 N–H and O–H groups in total. The van der Waals surface area contributed by atoms with Crippen molar-refractivity contribution in [2.75, 3.05) is 13.1 Å². The molecule has 1 fully saturated rings. The average molecular weight is 224 g/mol. The van der Waals surface area contributed by atoms with Crippen LogP contribution >= 0.6 is 0 Å². The summed E-state index contributed by atoms with van der Waals surface area (Å²) in [5, 5.41) is 14.1. The maximum absolute atomic E-state index is 9.88. The predicted octanol–water partition coefficient (Wildman–Crippen LogP) is 0.645. The van der Waals surface area contributed by atoms with Crippen LogP contribution in [-0.2, 0) is 13.1 Å². The molecule has 90 valence electrons. The summed E-state index contributed by atoms with van der Waals surface area (Å²) < 4.78 is 1.95. The van der Waals surface area contributed by atoms with Crippen molar-refractivity contribution in [2.24, 2.45) is 0 Å². The van der Waals surface area contributed by atoms with Gasteiger partial charge < -0.3 is 5.11 Å². The molecule has 0 bridgehead atoms. The Morgan fingerprint density at radius 1 is 1.56 bits per heavy atom.